The van der Waals surface area contributed by atoms with Gasteiger partial charge < -0.3 is 9.55 Å². The van der Waals surface area contributed by atoms with E-state index in [1.807, 2.05) is 24.5 Å². The molecule has 0 fully saturated rings. The molecule has 2 aromatic rings. The van der Waals surface area contributed by atoms with Gasteiger partial charge in [-0.15, -0.1) is 0 Å². The minimum atomic E-state index is 0.955. The minimum Gasteiger partial charge on any atom is -0.367 e. The molecule has 2 heteroatoms. The topological polar surface area (TPSA) is 20.7 Å². The Morgan fingerprint density at radius 3 is 2.73 bits per heavy atom. The SMILES string of the molecule is c1ccn(Cc2cc[nH]c2)c1. The van der Waals surface area contributed by atoms with Crippen LogP contribution in [-0.4, -0.2) is 9.55 Å². The van der Waals surface area contributed by atoms with Crippen molar-refractivity contribution in [1.29, 1.82) is 0 Å². The maximum absolute atomic E-state index is 3.03. The van der Waals surface area contributed by atoms with Gasteiger partial charge in [-0.25, -0.2) is 0 Å². The molecular formula is C9H10N2. The maximum atomic E-state index is 3.03. The van der Waals surface area contributed by atoms with Crippen molar-refractivity contribution >= 4 is 0 Å². The lowest BCUT2D eigenvalue weighted by atomic mass is 10.3. The van der Waals surface area contributed by atoms with E-state index in [1.54, 1.807) is 0 Å². The quantitative estimate of drug-likeness (QED) is 0.667. The first-order valence-corrected chi connectivity index (χ1v) is 3.67. The van der Waals surface area contributed by atoms with Crippen molar-refractivity contribution in [3.05, 3.63) is 48.5 Å². The lowest BCUT2D eigenvalue weighted by Gasteiger charge is -1.97. The van der Waals surface area contributed by atoms with Crippen molar-refractivity contribution in [3.63, 3.8) is 0 Å². The molecule has 1 N–H and O–H groups in total. The van der Waals surface area contributed by atoms with Gasteiger partial charge in [0.05, 0.1) is 0 Å². The van der Waals surface area contributed by atoms with E-state index in [9.17, 15) is 0 Å². The monoisotopic (exact) mass is 146 g/mol. The first kappa shape index (κ1) is 6.28. The van der Waals surface area contributed by atoms with E-state index in [1.165, 1.54) is 5.56 Å². The van der Waals surface area contributed by atoms with Crippen LogP contribution in [0.15, 0.2) is 43.0 Å². The lowest BCUT2D eigenvalue weighted by molar-refractivity contribution is 0.807. The highest BCUT2D eigenvalue weighted by Crippen LogP contribution is 2.00. The fourth-order valence-electron chi connectivity index (χ4n) is 1.14. The Balaban J connectivity index is 2.14. The molecule has 0 saturated heterocycles. The predicted molar refractivity (Wildman–Crippen MR) is 44.3 cm³/mol. The van der Waals surface area contributed by atoms with Crippen molar-refractivity contribution in [2.24, 2.45) is 0 Å². The Kier molecular flexibility index (Phi) is 1.52. The van der Waals surface area contributed by atoms with Gasteiger partial charge in [0.25, 0.3) is 0 Å². The van der Waals surface area contributed by atoms with Crippen molar-refractivity contribution in [2.45, 2.75) is 6.54 Å². The highest BCUT2D eigenvalue weighted by Gasteiger charge is 1.91. The van der Waals surface area contributed by atoms with Gasteiger partial charge in [0, 0.05) is 31.3 Å². The molecule has 0 aliphatic carbocycles. The smallest absolute Gasteiger partial charge is 0.0485 e. The fourth-order valence-corrected chi connectivity index (χ4v) is 1.14. The third-order valence-electron chi connectivity index (χ3n) is 1.69. The van der Waals surface area contributed by atoms with Crippen LogP contribution in [0.1, 0.15) is 5.56 Å². The second-order valence-corrected chi connectivity index (χ2v) is 2.57. The second kappa shape index (κ2) is 2.66. The molecule has 0 amide bonds. The molecule has 0 spiro atoms. The molecule has 0 unspecified atom stereocenters. The zero-order valence-electron chi connectivity index (χ0n) is 6.20. The van der Waals surface area contributed by atoms with Crippen LogP contribution in [0.3, 0.4) is 0 Å². The minimum absolute atomic E-state index is 0.955. The van der Waals surface area contributed by atoms with Crippen molar-refractivity contribution in [1.82, 2.24) is 9.55 Å². The summed E-state index contributed by atoms with van der Waals surface area (Å²) in [6.45, 7) is 0.955. The number of nitrogens with one attached hydrogen (secondary N) is 1. The normalized spacial score (nSPS) is 10.2. The third-order valence-corrected chi connectivity index (χ3v) is 1.69. The van der Waals surface area contributed by atoms with E-state index in [0.717, 1.165) is 6.54 Å². The van der Waals surface area contributed by atoms with E-state index >= 15 is 0 Å². The van der Waals surface area contributed by atoms with Gasteiger partial charge in [0.15, 0.2) is 0 Å². The summed E-state index contributed by atoms with van der Waals surface area (Å²) >= 11 is 0. The van der Waals surface area contributed by atoms with Crippen LogP contribution in [0.4, 0.5) is 0 Å². The van der Waals surface area contributed by atoms with E-state index < -0.39 is 0 Å². The number of H-pyrrole nitrogens is 1. The molecule has 0 aliphatic heterocycles. The molecule has 2 nitrogen and oxygen atoms in total. The molecule has 0 bridgehead atoms. The van der Waals surface area contributed by atoms with Crippen molar-refractivity contribution in [3.8, 4) is 0 Å². The molecule has 11 heavy (non-hydrogen) atoms. The summed E-state index contributed by atoms with van der Waals surface area (Å²) in [5.41, 5.74) is 1.31. The van der Waals surface area contributed by atoms with Crippen molar-refractivity contribution < 1.29 is 0 Å². The molecule has 0 radical (unpaired) electrons. The Bertz CT molecular complexity index is 260. The van der Waals surface area contributed by atoms with Gasteiger partial charge >= 0.3 is 0 Å². The molecule has 0 aliphatic rings. The zero-order chi connectivity index (χ0) is 7.52. The van der Waals surface area contributed by atoms with Crippen LogP contribution < -0.4 is 0 Å². The molecule has 0 aromatic carbocycles. The van der Waals surface area contributed by atoms with Crippen LogP contribution in [0, 0.1) is 0 Å². The lowest BCUT2D eigenvalue weighted by Crippen LogP contribution is -1.93. The summed E-state index contributed by atoms with van der Waals surface area (Å²) in [7, 11) is 0. The standard InChI is InChI=1S/C9H10N2/c1-2-6-11(5-1)8-9-3-4-10-7-9/h1-7,10H,8H2. The average molecular weight is 146 g/mol. The summed E-state index contributed by atoms with van der Waals surface area (Å²) in [5.74, 6) is 0. The number of hydrogen-bond donors (Lipinski definition) is 1. The van der Waals surface area contributed by atoms with Crippen LogP contribution in [0.2, 0.25) is 0 Å². The number of rotatable bonds is 2. The number of aromatic amines is 1. The van der Waals surface area contributed by atoms with E-state index in [2.05, 4.69) is 28.0 Å². The number of hydrogen-bond acceptors (Lipinski definition) is 0. The number of nitrogens with zero attached hydrogens (tertiary/aromatic N) is 1. The van der Waals surface area contributed by atoms with Crippen molar-refractivity contribution in [2.75, 3.05) is 0 Å². The first-order chi connectivity index (χ1) is 5.45. The Morgan fingerprint density at radius 1 is 1.27 bits per heavy atom. The van der Waals surface area contributed by atoms with E-state index in [-0.39, 0.29) is 0 Å². The summed E-state index contributed by atoms with van der Waals surface area (Å²) in [4.78, 5) is 3.03. The number of aromatic nitrogens is 2. The maximum Gasteiger partial charge on any atom is 0.0485 e. The summed E-state index contributed by atoms with van der Waals surface area (Å²) in [6.07, 6.45) is 8.08. The van der Waals surface area contributed by atoms with Crippen LogP contribution in [0.5, 0.6) is 0 Å². The Labute approximate surface area is 65.5 Å². The molecule has 2 rings (SSSR count). The van der Waals surface area contributed by atoms with Gasteiger partial charge in [-0.1, -0.05) is 0 Å². The van der Waals surface area contributed by atoms with Gasteiger partial charge in [-0.2, -0.15) is 0 Å². The largest absolute Gasteiger partial charge is 0.367 e. The summed E-state index contributed by atoms with van der Waals surface area (Å²) in [6, 6.07) is 6.15. The van der Waals surface area contributed by atoms with Gasteiger partial charge in [-0.05, 0) is 23.8 Å². The predicted octanol–water partition coefficient (Wildman–Crippen LogP) is 1.86. The Hall–Kier alpha value is -1.44. The van der Waals surface area contributed by atoms with Gasteiger partial charge in [0.1, 0.15) is 0 Å². The van der Waals surface area contributed by atoms with Crippen LogP contribution >= 0.6 is 0 Å². The van der Waals surface area contributed by atoms with Crippen LogP contribution in [0.25, 0.3) is 0 Å². The summed E-state index contributed by atoms with van der Waals surface area (Å²) in [5, 5.41) is 0. The highest BCUT2D eigenvalue weighted by atomic mass is 14.9. The molecular weight excluding hydrogens is 136 g/mol. The molecule has 2 aromatic heterocycles. The Morgan fingerprint density at radius 2 is 2.09 bits per heavy atom. The van der Waals surface area contributed by atoms with E-state index in [4.69, 9.17) is 0 Å². The van der Waals surface area contributed by atoms with E-state index in [0.29, 0.717) is 0 Å². The highest BCUT2D eigenvalue weighted by molar-refractivity contribution is 5.09. The zero-order valence-corrected chi connectivity index (χ0v) is 6.20. The average Bonchev–Trinajstić information content (AvgIpc) is 2.60. The van der Waals surface area contributed by atoms with Gasteiger partial charge in [0.2, 0.25) is 0 Å². The third kappa shape index (κ3) is 1.34. The summed E-state index contributed by atoms with van der Waals surface area (Å²) < 4.78 is 2.14. The first-order valence-electron chi connectivity index (χ1n) is 3.67. The molecule has 2 heterocycles. The van der Waals surface area contributed by atoms with Crippen LogP contribution in [-0.2, 0) is 6.54 Å². The fraction of sp³-hybridized carbons (Fsp3) is 0.111. The molecule has 56 valence electrons. The molecule has 0 atom stereocenters. The van der Waals surface area contributed by atoms with Gasteiger partial charge in [-0.3, -0.25) is 0 Å². The molecule has 0 saturated carbocycles. The second-order valence-electron chi connectivity index (χ2n) is 2.57.